The number of nitrogens with one attached hydrogen (secondary N) is 1. The Morgan fingerprint density at radius 1 is 1.47 bits per heavy atom. The van der Waals surface area contributed by atoms with E-state index >= 15 is 0 Å². The topological polar surface area (TPSA) is 15.3 Å². The van der Waals surface area contributed by atoms with Crippen LogP contribution in [0.5, 0.6) is 0 Å². The minimum Gasteiger partial charge on any atom is -0.316 e. The molecule has 0 atom stereocenters. The Bertz CT molecular complexity index is 460. The Kier molecular flexibility index (Phi) is 5.45. The minimum atomic E-state index is 0.737. The number of benzene rings is 1. The molecule has 1 N–H and O–H groups in total. The molecule has 2 rings (SSSR count). The molecular formula is C16H21BrN2. The fraction of sp³-hybridized carbons (Fsp3) is 0.500. The Labute approximate surface area is 124 Å². The van der Waals surface area contributed by atoms with Gasteiger partial charge in [-0.25, -0.2) is 0 Å². The van der Waals surface area contributed by atoms with Crippen molar-refractivity contribution in [2.75, 3.05) is 20.1 Å². The Hall–Kier alpha value is -0.820. The molecule has 2 nitrogen and oxygen atoms in total. The number of halogens is 1. The number of terminal acetylenes is 1. The van der Waals surface area contributed by atoms with Crippen molar-refractivity contribution in [2.24, 2.45) is 5.92 Å². The van der Waals surface area contributed by atoms with Crippen molar-refractivity contribution < 1.29 is 0 Å². The molecular weight excluding hydrogens is 300 g/mol. The van der Waals surface area contributed by atoms with Crippen LogP contribution in [0.2, 0.25) is 0 Å². The summed E-state index contributed by atoms with van der Waals surface area (Å²) in [6.45, 7) is 3.70. The van der Waals surface area contributed by atoms with E-state index in [0.717, 1.165) is 32.1 Å². The lowest BCUT2D eigenvalue weighted by Crippen LogP contribution is -2.26. The Morgan fingerprint density at radius 2 is 2.26 bits per heavy atom. The predicted octanol–water partition coefficient (Wildman–Crippen LogP) is 3.01. The third-order valence-corrected chi connectivity index (χ3v) is 4.16. The van der Waals surface area contributed by atoms with Gasteiger partial charge in [-0.1, -0.05) is 34.0 Å². The van der Waals surface area contributed by atoms with Crippen molar-refractivity contribution in [1.82, 2.24) is 10.2 Å². The summed E-state index contributed by atoms with van der Waals surface area (Å²) in [5, 5.41) is 3.17. The lowest BCUT2D eigenvalue weighted by atomic mass is 10.1. The molecule has 1 aromatic carbocycles. The molecule has 0 radical (unpaired) electrons. The van der Waals surface area contributed by atoms with Gasteiger partial charge < -0.3 is 5.32 Å². The maximum Gasteiger partial charge on any atom is 0.0601 e. The normalized spacial score (nSPS) is 14.6. The van der Waals surface area contributed by atoms with Gasteiger partial charge in [0.05, 0.1) is 6.54 Å². The van der Waals surface area contributed by atoms with Gasteiger partial charge in [0.15, 0.2) is 0 Å². The molecule has 0 aromatic heterocycles. The fourth-order valence-electron chi connectivity index (χ4n) is 2.25. The van der Waals surface area contributed by atoms with Gasteiger partial charge in [0.1, 0.15) is 0 Å². The van der Waals surface area contributed by atoms with Crippen LogP contribution >= 0.6 is 15.9 Å². The fourth-order valence-corrected chi connectivity index (χ4v) is 2.81. The quantitative estimate of drug-likeness (QED) is 0.777. The minimum absolute atomic E-state index is 0.737. The molecule has 0 aliphatic heterocycles. The van der Waals surface area contributed by atoms with Crippen molar-refractivity contribution in [2.45, 2.75) is 25.9 Å². The molecule has 0 bridgehead atoms. The van der Waals surface area contributed by atoms with Crippen LogP contribution in [0.3, 0.4) is 0 Å². The highest BCUT2D eigenvalue weighted by Gasteiger charge is 2.24. The van der Waals surface area contributed by atoms with Crippen molar-refractivity contribution in [3.05, 3.63) is 33.8 Å². The lowest BCUT2D eigenvalue weighted by molar-refractivity contribution is 0.286. The molecule has 0 saturated heterocycles. The van der Waals surface area contributed by atoms with E-state index in [1.165, 1.54) is 28.4 Å². The van der Waals surface area contributed by atoms with Crippen molar-refractivity contribution in [3.8, 4) is 12.3 Å². The van der Waals surface area contributed by atoms with Gasteiger partial charge >= 0.3 is 0 Å². The van der Waals surface area contributed by atoms with Crippen LogP contribution in [0, 0.1) is 18.3 Å². The molecule has 0 heterocycles. The predicted molar refractivity (Wildman–Crippen MR) is 83.7 cm³/mol. The van der Waals surface area contributed by atoms with E-state index in [1.807, 2.05) is 7.05 Å². The third kappa shape index (κ3) is 4.65. The standard InChI is InChI=1S/C16H21BrN2/c1-3-8-19(11-13-4-5-13)12-15-7-6-14(10-18-2)9-16(15)17/h1,6-7,9,13,18H,4-5,8,10-12H2,2H3. The molecule has 3 heteroatoms. The summed E-state index contributed by atoms with van der Waals surface area (Å²) >= 11 is 3.67. The molecule has 1 fully saturated rings. The number of hydrogen-bond acceptors (Lipinski definition) is 2. The second-order valence-electron chi connectivity index (χ2n) is 5.27. The molecule has 102 valence electrons. The summed E-state index contributed by atoms with van der Waals surface area (Å²) in [5.74, 6) is 3.64. The Balaban J connectivity index is 2.01. The largest absolute Gasteiger partial charge is 0.316 e. The van der Waals surface area contributed by atoms with E-state index in [1.54, 1.807) is 0 Å². The van der Waals surface area contributed by atoms with Gasteiger partial charge in [0, 0.05) is 24.1 Å². The first-order valence-corrected chi connectivity index (χ1v) is 7.60. The highest BCUT2D eigenvalue weighted by molar-refractivity contribution is 9.10. The number of rotatable bonds is 7. The summed E-state index contributed by atoms with van der Waals surface area (Å²) in [6.07, 6.45) is 8.20. The van der Waals surface area contributed by atoms with E-state index < -0.39 is 0 Å². The van der Waals surface area contributed by atoms with Gasteiger partial charge in [-0.2, -0.15) is 0 Å². The van der Waals surface area contributed by atoms with Gasteiger partial charge in [0.25, 0.3) is 0 Å². The average molecular weight is 321 g/mol. The maximum atomic E-state index is 5.47. The zero-order valence-electron chi connectivity index (χ0n) is 11.5. The van der Waals surface area contributed by atoms with Crippen LogP contribution in [0.4, 0.5) is 0 Å². The second kappa shape index (κ2) is 7.09. The van der Waals surface area contributed by atoms with E-state index in [4.69, 9.17) is 6.42 Å². The molecule has 1 aliphatic rings. The number of nitrogens with zero attached hydrogens (tertiary/aromatic N) is 1. The Morgan fingerprint density at radius 3 is 2.84 bits per heavy atom. The average Bonchev–Trinajstić information content (AvgIpc) is 3.17. The van der Waals surface area contributed by atoms with Crippen LogP contribution in [0.1, 0.15) is 24.0 Å². The van der Waals surface area contributed by atoms with E-state index in [0.29, 0.717) is 0 Å². The molecule has 0 spiro atoms. The zero-order chi connectivity index (χ0) is 13.7. The van der Waals surface area contributed by atoms with E-state index in [-0.39, 0.29) is 0 Å². The van der Waals surface area contributed by atoms with E-state index in [9.17, 15) is 0 Å². The third-order valence-electron chi connectivity index (χ3n) is 3.42. The van der Waals surface area contributed by atoms with Crippen LogP contribution in [-0.2, 0) is 13.1 Å². The maximum absolute atomic E-state index is 5.47. The molecule has 1 saturated carbocycles. The highest BCUT2D eigenvalue weighted by Crippen LogP contribution is 2.30. The van der Waals surface area contributed by atoms with Crippen LogP contribution in [0.15, 0.2) is 22.7 Å². The summed E-state index contributed by atoms with van der Waals surface area (Å²) < 4.78 is 1.18. The van der Waals surface area contributed by atoms with Gasteiger partial charge in [-0.15, -0.1) is 6.42 Å². The molecule has 1 aliphatic carbocycles. The van der Waals surface area contributed by atoms with Crippen LogP contribution in [-0.4, -0.2) is 25.0 Å². The second-order valence-corrected chi connectivity index (χ2v) is 6.13. The SMILES string of the molecule is C#CCN(Cc1ccc(CNC)cc1Br)CC1CC1. The monoisotopic (exact) mass is 320 g/mol. The van der Waals surface area contributed by atoms with Crippen molar-refractivity contribution >= 4 is 15.9 Å². The molecule has 1 aromatic rings. The zero-order valence-corrected chi connectivity index (χ0v) is 13.0. The van der Waals surface area contributed by atoms with Gasteiger partial charge in [0.2, 0.25) is 0 Å². The van der Waals surface area contributed by atoms with Crippen molar-refractivity contribution in [3.63, 3.8) is 0 Å². The first-order chi connectivity index (χ1) is 9.22. The van der Waals surface area contributed by atoms with Crippen molar-refractivity contribution in [1.29, 1.82) is 0 Å². The highest BCUT2D eigenvalue weighted by atomic mass is 79.9. The van der Waals surface area contributed by atoms with Gasteiger partial charge in [-0.05, 0) is 43.0 Å². The van der Waals surface area contributed by atoms with Crippen LogP contribution < -0.4 is 5.32 Å². The van der Waals surface area contributed by atoms with Crippen LogP contribution in [0.25, 0.3) is 0 Å². The molecule has 0 amide bonds. The summed E-state index contributed by atoms with van der Waals surface area (Å²) in [6, 6.07) is 6.58. The molecule has 0 unspecified atom stereocenters. The smallest absolute Gasteiger partial charge is 0.0601 e. The summed E-state index contributed by atoms with van der Waals surface area (Å²) in [4.78, 5) is 2.37. The van der Waals surface area contributed by atoms with E-state index in [2.05, 4.69) is 50.3 Å². The first kappa shape index (κ1) is 14.6. The molecule has 19 heavy (non-hydrogen) atoms. The lowest BCUT2D eigenvalue weighted by Gasteiger charge is -2.20. The van der Waals surface area contributed by atoms with Gasteiger partial charge in [-0.3, -0.25) is 4.90 Å². The summed E-state index contributed by atoms with van der Waals surface area (Å²) in [5.41, 5.74) is 2.61. The summed E-state index contributed by atoms with van der Waals surface area (Å²) in [7, 11) is 1.96. The number of hydrogen-bond donors (Lipinski definition) is 1. The first-order valence-electron chi connectivity index (χ1n) is 6.80.